The predicted molar refractivity (Wildman–Crippen MR) is 77.4 cm³/mol. The van der Waals surface area contributed by atoms with Crippen LogP contribution in [0.3, 0.4) is 0 Å². The monoisotopic (exact) mass is 302 g/mol. The molecule has 2 nitrogen and oxygen atoms in total. The predicted octanol–water partition coefficient (Wildman–Crippen LogP) is 4.68. The van der Waals surface area contributed by atoms with E-state index in [9.17, 15) is 5.26 Å². The van der Waals surface area contributed by atoms with E-state index >= 15 is 0 Å². The molecule has 1 heterocycles. The highest BCUT2D eigenvalue weighted by Gasteiger charge is 2.20. The Kier molecular flexibility index (Phi) is 3.58. The highest BCUT2D eigenvalue weighted by Crippen LogP contribution is 2.37. The first kappa shape index (κ1) is 12.9. The first-order chi connectivity index (χ1) is 8.57. The third-order valence-corrected chi connectivity index (χ3v) is 3.84. The Labute approximate surface area is 116 Å². The average molecular weight is 303 g/mol. The molecule has 0 aliphatic rings. The summed E-state index contributed by atoms with van der Waals surface area (Å²) in [4.78, 5) is 0. The quantitative estimate of drug-likeness (QED) is 0.792. The lowest BCUT2D eigenvalue weighted by Crippen LogP contribution is -2.05. The van der Waals surface area contributed by atoms with Crippen LogP contribution in [-0.2, 0) is 0 Å². The number of benzene rings is 1. The molecule has 0 saturated heterocycles. The van der Waals surface area contributed by atoms with E-state index in [-0.39, 0.29) is 0 Å². The van der Waals surface area contributed by atoms with E-state index in [2.05, 4.69) is 52.5 Å². The van der Waals surface area contributed by atoms with Gasteiger partial charge in [0.15, 0.2) is 0 Å². The molecular weight excluding hydrogens is 288 g/mol. The Balaban J connectivity index is 2.79. The summed E-state index contributed by atoms with van der Waals surface area (Å²) >= 11 is 3.57. The van der Waals surface area contributed by atoms with Gasteiger partial charge in [0, 0.05) is 11.7 Å². The first-order valence-electron chi connectivity index (χ1n) is 5.93. The van der Waals surface area contributed by atoms with Crippen LogP contribution in [0.25, 0.3) is 11.3 Å². The van der Waals surface area contributed by atoms with Crippen LogP contribution in [0.1, 0.15) is 31.1 Å². The molecule has 0 bridgehead atoms. The maximum Gasteiger partial charge on any atom is 0.102 e. The smallest absolute Gasteiger partial charge is 0.102 e. The van der Waals surface area contributed by atoms with Crippen LogP contribution in [0, 0.1) is 18.3 Å². The maximum atomic E-state index is 9.27. The van der Waals surface area contributed by atoms with Gasteiger partial charge >= 0.3 is 0 Å². The minimum absolute atomic E-state index is 0.318. The summed E-state index contributed by atoms with van der Waals surface area (Å²) in [6.45, 7) is 6.26. The van der Waals surface area contributed by atoms with Gasteiger partial charge in [0.05, 0.1) is 15.7 Å². The van der Waals surface area contributed by atoms with Crippen molar-refractivity contribution in [1.82, 2.24) is 4.57 Å². The number of hydrogen-bond acceptors (Lipinski definition) is 1. The zero-order chi connectivity index (χ0) is 13.3. The van der Waals surface area contributed by atoms with Gasteiger partial charge in [-0.3, -0.25) is 0 Å². The zero-order valence-electron chi connectivity index (χ0n) is 10.7. The van der Waals surface area contributed by atoms with Crippen molar-refractivity contribution in [1.29, 1.82) is 5.26 Å². The Bertz CT molecular complexity index is 604. The van der Waals surface area contributed by atoms with E-state index in [1.54, 1.807) is 0 Å². The third kappa shape index (κ3) is 1.97. The van der Waals surface area contributed by atoms with Crippen molar-refractivity contribution in [3.8, 4) is 17.3 Å². The third-order valence-electron chi connectivity index (χ3n) is 3.07. The van der Waals surface area contributed by atoms with Crippen LogP contribution < -0.4 is 0 Å². The lowest BCUT2D eigenvalue weighted by Gasteiger charge is -2.15. The largest absolute Gasteiger partial charge is 0.340 e. The van der Waals surface area contributed by atoms with E-state index in [0.29, 0.717) is 6.04 Å². The van der Waals surface area contributed by atoms with Gasteiger partial charge in [0.2, 0.25) is 0 Å². The molecule has 1 aromatic heterocycles. The van der Waals surface area contributed by atoms with Gasteiger partial charge in [-0.2, -0.15) is 5.26 Å². The summed E-state index contributed by atoms with van der Waals surface area (Å²) < 4.78 is 3.10. The van der Waals surface area contributed by atoms with E-state index in [1.165, 1.54) is 0 Å². The molecule has 0 unspecified atom stereocenters. The Morgan fingerprint density at radius 3 is 2.33 bits per heavy atom. The highest BCUT2D eigenvalue weighted by molar-refractivity contribution is 9.10. The minimum Gasteiger partial charge on any atom is -0.340 e. The van der Waals surface area contributed by atoms with E-state index in [0.717, 1.165) is 27.0 Å². The Morgan fingerprint density at radius 2 is 1.83 bits per heavy atom. The fourth-order valence-electron chi connectivity index (χ4n) is 2.31. The van der Waals surface area contributed by atoms with Crippen LogP contribution >= 0.6 is 15.9 Å². The van der Waals surface area contributed by atoms with Crippen LogP contribution in [0.4, 0.5) is 0 Å². The lowest BCUT2D eigenvalue weighted by atomic mass is 10.1. The number of aromatic nitrogens is 1. The molecule has 0 saturated carbocycles. The van der Waals surface area contributed by atoms with Gasteiger partial charge in [-0.1, -0.05) is 30.3 Å². The molecule has 2 aromatic rings. The average Bonchev–Trinajstić information content (AvgIpc) is 2.61. The van der Waals surface area contributed by atoms with Crippen LogP contribution in [0.15, 0.2) is 34.8 Å². The molecule has 0 radical (unpaired) electrons. The fourth-order valence-corrected chi connectivity index (χ4v) is 3.10. The summed E-state index contributed by atoms with van der Waals surface area (Å²) in [5.74, 6) is 0. The Hall–Kier alpha value is -1.53. The molecular formula is C15H15BrN2. The second kappa shape index (κ2) is 4.99. The van der Waals surface area contributed by atoms with Crippen LogP contribution in [-0.4, -0.2) is 4.57 Å². The molecule has 0 N–H and O–H groups in total. The van der Waals surface area contributed by atoms with Crippen molar-refractivity contribution in [3.63, 3.8) is 0 Å². The summed E-state index contributed by atoms with van der Waals surface area (Å²) in [5.41, 5.74) is 3.95. The topological polar surface area (TPSA) is 28.7 Å². The molecule has 0 spiro atoms. The van der Waals surface area contributed by atoms with E-state index in [4.69, 9.17) is 0 Å². The van der Waals surface area contributed by atoms with Gasteiger partial charge < -0.3 is 4.57 Å². The van der Waals surface area contributed by atoms with Gasteiger partial charge in [0.25, 0.3) is 0 Å². The van der Waals surface area contributed by atoms with Crippen molar-refractivity contribution in [2.45, 2.75) is 26.8 Å². The number of halogens is 1. The highest BCUT2D eigenvalue weighted by atomic mass is 79.9. The number of nitrogens with zero attached hydrogens (tertiary/aromatic N) is 2. The second-order valence-electron chi connectivity index (χ2n) is 4.56. The molecule has 2 rings (SSSR count). The van der Waals surface area contributed by atoms with E-state index < -0.39 is 0 Å². The van der Waals surface area contributed by atoms with Crippen LogP contribution in [0.2, 0.25) is 0 Å². The summed E-state index contributed by atoms with van der Waals surface area (Å²) in [5, 5.41) is 9.27. The van der Waals surface area contributed by atoms with Crippen molar-refractivity contribution >= 4 is 15.9 Å². The number of rotatable bonds is 2. The fraction of sp³-hybridized carbons (Fsp3) is 0.267. The van der Waals surface area contributed by atoms with Gasteiger partial charge in [-0.05, 0) is 42.3 Å². The van der Waals surface area contributed by atoms with E-state index in [1.807, 2.05) is 25.1 Å². The Morgan fingerprint density at radius 1 is 1.22 bits per heavy atom. The molecule has 1 aromatic carbocycles. The van der Waals surface area contributed by atoms with Gasteiger partial charge in [-0.25, -0.2) is 0 Å². The van der Waals surface area contributed by atoms with Crippen molar-refractivity contribution in [3.05, 3.63) is 46.1 Å². The summed E-state index contributed by atoms with van der Waals surface area (Å²) in [6.07, 6.45) is 0. The summed E-state index contributed by atoms with van der Waals surface area (Å²) in [6, 6.07) is 12.8. The molecule has 0 aliphatic heterocycles. The number of hydrogen-bond donors (Lipinski definition) is 0. The number of nitriles is 1. The molecule has 0 aliphatic carbocycles. The first-order valence-corrected chi connectivity index (χ1v) is 6.73. The molecule has 0 fully saturated rings. The second-order valence-corrected chi connectivity index (χ2v) is 5.36. The molecule has 0 atom stereocenters. The van der Waals surface area contributed by atoms with Crippen molar-refractivity contribution < 1.29 is 0 Å². The molecule has 3 heteroatoms. The van der Waals surface area contributed by atoms with Crippen molar-refractivity contribution in [2.75, 3.05) is 0 Å². The molecule has 92 valence electrons. The molecule has 18 heavy (non-hydrogen) atoms. The van der Waals surface area contributed by atoms with Crippen LogP contribution in [0.5, 0.6) is 0 Å². The van der Waals surface area contributed by atoms with Gasteiger partial charge in [0.1, 0.15) is 6.07 Å². The van der Waals surface area contributed by atoms with Crippen molar-refractivity contribution in [2.24, 2.45) is 0 Å². The minimum atomic E-state index is 0.318. The SMILES string of the molecule is Cc1c(C#N)c(Br)c(-c2ccccc2)n1C(C)C. The normalized spacial score (nSPS) is 10.7. The molecule has 0 amide bonds. The maximum absolute atomic E-state index is 9.27. The lowest BCUT2D eigenvalue weighted by molar-refractivity contribution is 0.594. The standard InChI is InChI=1S/C15H15BrN2/c1-10(2)18-11(3)13(9-17)14(16)15(18)12-7-5-4-6-8-12/h4-8,10H,1-3H3. The zero-order valence-corrected chi connectivity index (χ0v) is 12.3. The van der Waals surface area contributed by atoms with Gasteiger partial charge in [-0.15, -0.1) is 0 Å². The summed E-state index contributed by atoms with van der Waals surface area (Å²) in [7, 11) is 0.